The van der Waals surface area contributed by atoms with E-state index in [1.54, 1.807) is 36.4 Å². The summed E-state index contributed by atoms with van der Waals surface area (Å²) in [5.74, 6) is 0.700. The molecular weight excluding hydrogens is 516 g/mol. The van der Waals surface area contributed by atoms with E-state index in [0.717, 1.165) is 17.5 Å². The highest BCUT2D eigenvalue weighted by molar-refractivity contribution is 6.28. The molecule has 1 aliphatic rings. The van der Waals surface area contributed by atoms with Crippen LogP contribution in [0.25, 0.3) is 33.0 Å². The Labute approximate surface area is 218 Å². The second-order valence-electron chi connectivity index (χ2n) is 8.97. The van der Waals surface area contributed by atoms with E-state index in [4.69, 9.17) is 0 Å². The molecule has 1 aromatic heterocycles. The van der Waals surface area contributed by atoms with Gasteiger partial charge < -0.3 is 5.32 Å². The molecule has 6 rings (SSSR count). The maximum absolute atomic E-state index is 13.7. The quantitative estimate of drug-likeness (QED) is 0.235. The smallest absolute Gasteiger partial charge is 0.339 e. The van der Waals surface area contributed by atoms with Crippen LogP contribution in [0.2, 0.25) is 0 Å². The molecule has 0 spiro atoms. The summed E-state index contributed by atoms with van der Waals surface area (Å²) < 4.78 is 81.5. The molecule has 4 aromatic carbocycles. The minimum atomic E-state index is -4.51. The van der Waals surface area contributed by atoms with Gasteiger partial charge in [-0.25, -0.2) is 9.98 Å². The molecule has 0 unspecified atom stereocenters. The predicted octanol–water partition coefficient (Wildman–Crippen LogP) is 9.11. The summed E-state index contributed by atoms with van der Waals surface area (Å²) in [6.45, 7) is 0. The molecule has 0 fully saturated rings. The van der Waals surface area contributed by atoms with Crippen LogP contribution in [-0.4, -0.2) is 10.8 Å². The highest BCUT2D eigenvalue weighted by Crippen LogP contribution is 2.43. The van der Waals surface area contributed by atoms with Crippen LogP contribution in [0, 0.1) is 0 Å². The topological polar surface area (TPSA) is 37.3 Å². The Bertz CT molecular complexity index is 1750. The first-order chi connectivity index (χ1) is 18.6. The van der Waals surface area contributed by atoms with Crippen molar-refractivity contribution in [2.24, 2.45) is 4.99 Å². The summed E-state index contributed by atoms with van der Waals surface area (Å²) in [6, 6.07) is 22.4. The lowest BCUT2D eigenvalue weighted by Crippen LogP contribution is -2.07. The van der Waals surface area contributed by atoms with Gasteiger partial charge in [0.2, 0.25) is 0 Å². The molecule has 0 aliphatic carbocycles. The van der Waals surface area contributed by atoms with Crippen LogP contribution in [0.4, 0.5) is 37.8 Å². The second-order valence-corrected chi connectivity index (χ2v) is 8.97. The SMILES string of the molecule is FC(F)(F)c1ccccc1-c1ccc(N=C2Nc3ccc(-c4ccccc4C(F)(F)F)c4cccc2c34)nc1. The zero-order chi connectivity index (χ0) is 27.4. The molecule has 5 aromatic rings. The van der Waals surface area contributed by atoms with Crippen LogP contribution in [0.5, 0.6) is 0 Å². The van der Waals surface area contributed by atoms with Gasteiger partial charge in [-0.1, -0.05) is 60.7 Å². The minimum Gasteiger partial charge on any atom is -0.339 e. The number of aliphatic imine (C=N–C) groups is 1. The number of nitrogens with one attached hydrogen (secondary N) is 1. The Hall–Kier alpha value is -4.66. The van der Waals surface area contributed by atoms with Gasteiger partial charge in [-0.2, -0.15) is 26.3 Å². The van der Waals surface area contributed by atoms with Crippen molar-refractivity contribution in [2.45, 2.75) is 12.4 Å². The first kappa shape index (κ1) is 24.7. The first-order valence-electron chi connectivity index (χ1n) is 11.8. The van der Waals surface area contributed by atoms with Crippen molar-refractivity contribution in [1.29, 1.82) is 0 Å². The number of aromatic nitrogens is 1. The van der Waals surface area contributed by atoms with Gasteiger partial charge in [-0.05, 0) is 52.4 Å². The van der Waals surface area contributed by atoms with Crippen molar-refractivity contribution in [3.63, 3.8) is 0 Å². The van der Waals surface area contributed by atoms with Gasteiger partial charge in [0.15, 0.2) is 5.82 Å². The number of amidine groups is 1. The molecule has 3 nitrogen and oxygen atoms in total. The fourth-order valence-corrected chi connectivity index (χ4v) is 4.90. The number of pyridine rings is 1. The van der Waals surface area contributed by atoms with Crippen LogP contribution in [0.3, 0.4) is 0 Å². The number of alkyl halides is 6. The molecule has 2 heterocycles. The standard InChI is InChI=1S/C30H17F6N3/c31-29(32,33)23-10-3-1-6-18(23)17-12-15-26(37-16-17)39-28-22-9-5-8-21-19(13-14-25(38-28)27(21)22)20-7-2-4-11-24(20)30(34,35)36/h1-16H,(H,37,38,39). The van der Waals surface area contributed by atoms with Crippen LogP contribution in [0.1, 0.15) is 16.7 Å². The van der Waals surface area contributed by atoms with Gasteiger partial charge in [0, 0.05) is 28.4 Å². The van der Waals surface area contributed by atoms with Gasteiger partial charge in [0.25, 0.3) is 0 Å². The van der Waals surface area contributed by atoms with E-state index >= 15 is 0 Å². The highest BCUT2D eigenvalue weighted by Gasteiger charge is 2.35. The van der Waals surface area contributed by atoms with E-state index < -0.39 is 23.5 Å². The summed E-state index contributed by atoms with van der Waals surface area (Å²) in [6.07, 6.45) is -7.69. The van der Waals surface area contributed by atoms with E-state index in [2.05, 4.69) is 15.3 Å². The van der Waals surface area contributed by atoms with Crippen LogP contribution < -0.4 is 5.32 Å². The number of hydrogen-bond acceptors (Lipinski definition) is 2. The zero-order valence-electron chi connectivity index (χ0n) is 19.9. The van der Waals surface area contributed by atoms with Gasteiger partial charge >= 0.3 is 12.4 Å². The van der Waals surface area contributed by atoms with Gasteiger partial charge in [0.1, 0.15) is 5.84 Å². The normalized spacial score (nSPS) is 14.2. The lowest BCUT2D eigenvalue weighted by molar-refractivity contribution is -0.137. The molecule has 0 atom stereocenters. The van der Waals surface area contributed by atoms with Crippen LogP contribution in [0.15, 0.2) is 102 Å². The third-order valence-corrected chi connectivity index (χ3v) is 6.59. The van der Waals surface area contributed by atoms with Crippen LogP contribution in [-0.2, 0) is 12.4 Å². The number of benzene rings is 4. The lowest BCUT2D eigenvalue weighted by Gasteiger charge is -2.15. The van der Waals surface area contributed by atoms with E-state index in [-0.39, 0.29) is 16.9 Å². The lowest BCUT2D eigenvalue weighted by atomic mass is 9.93. The average molecular weight is 533 g/mol. The fraction of sp³-hybridized carbons (Fsp3) is 0.0667. The Morgan fingerprint density at radius 1 is 0.590 bits per heavy atom. The molecule has 0 saturated heterocycles. The predicted molar refractivity (Wildman–Crippen MR) is 139 cm³/mol. The largest absolute Gasteiger partial charge is 0.417 e. The number of rotatable bonds is 3. The van der Waals surface area contributed by atoms with Crippen molar-refractivity contribution >= 4 is 28.1 Å². The third-order valence-electron chi connectivity index (χ3n) is 6.59. The molecule has 9 heteroatoms. The van der Waals surface area contributed by atoms with Crippen molar-refractivity contribution in [3.05, 3.63) is 114 Å². The Balaban J connectivity index is 1.40. The maximum atomic E-state index is 13.7. The zero-order valence-corrected chi connectivity index (χ0v) is 19.9. The van der Waals surface area contributed by atoms with Gasteiger partial charge in [-0.15, -0.1) is 0 Å². The Morgan fingerprint density at radius 3 is 1.90 bits per heavy atom. The summed E-state index contributed by atoms with van der Waals surface area (Å²) >= 11 is 0. The van der Waals surface area contributed by atoms with Gasteiger partial charge in [0.05, 0.1) is 11.1 Å². The fourth-order valence-electron chi connectivity index (χ4n) is 4.90. The molecular formula is C30H17F6N3. The monoisotopic (exact) mass is 533 g/mol. The number of halogens is 6. The average Bonchev–Trinajstić information content (AvgIpc) is 3.27. The van der Waals surface area contributed by atoms with Crippen molar-refractivity contribution in [1.82, 2.24) is 4.98 Å². The molecule has 39 heavy (non-hydrogen) atoms. The molecule has 0 saturated carbocycles. The molecule has 194 valence electrons. The number of hydrogen-bond donors (Lipinski definition) is 1. The number of nitrogens with zero attached hydrogens (tertiary/aromatic N) is 2. The highest BCUT2D eigenvalue weighted by atomic mass is 19.4. The minimum absolute atomic E-state index is 0.0135. The van der Waals surface area contributed by atoms with E-state index in [1.165, 1.54) is 48.7 Å². The third kappa shape index (κ3) is 4.39. The molecule has 0 bridgehead atoms. The summed E-state index contributed by atoms with van der Waals surface area (Å²) in [7, 11) is 0. The van der Waals surface area contributed by atoms with E-state index in [1.807, 2.05) is 0 Å². The number of anilines is 1. The molecule has 0 radical (unpaired) electrons. The summed E-state index contributed by atoms with van der Waals surface area (Å²) in [4.78, 5) is 8.81. The Morgan fingerprint density at radius 2 is 1.23 bits per heavy atom. The van der Waals surface area contributed by atoms with Crippen LogP contribution >= 0.6 is 0 Å². The van der Waals surface area contributed by atoms with Crippen molar-refractivity contribution in [2.75, 3.05) is 5.32 Å². The molecule has 1 N–H and O–H groups in total. The summed E-state index contributed by atoms with van der Waals surface area (Å²) in [5.41, 5.74) is 0.720. The molecule has 1 aliphatic heterocycles. The second kappa shape index (κ2) is 8.97. The van der Waals surface area contributed by atoms with Crippen molar-refractivity contribution in [3.8, 4) is 22.3 Å². The molecule has 0 amide bonds. The van der Waals surface area contributed by atoms with Crippen molar-refractivity contribution < 1.29 is 26.3 Å². The van der Waals surface area contributed by atoms with E-state index in [9.17, 15) is 26.3 Å². The van der Waals surface area contributed by atoms with Gasteiger partial charge in [-0.3, -0.25) is 0 Å². The first-order valence-corrected chi connectivity index (χ1v) is 11.8. The maximum Gasteiger partial charge on any atom is 0.417 e. The Kier molecular flexibility index (Phi) is 5.67. The summed E-state index contributed by atoms with van der Waals surface area (Å²) in [5, 5.41) is 4.55. The van der Waals surface area contributed by atoms with E-state index in [0.29, 0.717) is 33.6 Å².